The molecule has 0 radical (unpaired) electrons. The molecule has 0 aliphatic carbocycles. The normalized spacial score (nSPS) is 9.48. The third-order valence-electron chi connectivity index (χ3n) is 2.83. The van der Waals surface area contributed by atoms with Crippen LogP contribution in [0, 0.1) is 39.7 Å². The molecule has 0 atom stereocenters. The topological polar surface area (TPSA) is 99.9 Å². The number of nitro groups is 1. The molecular formula is C15H9N3O3. The Bertz CT molecular complexity index is 801. The minimum atomic E-state index is -0.604. The highest BCUT2D eigenvalue weighted by Gasteiger charge is 2.17. The summed E-state index contributed by atoms with van der Waals surface area (Å²) >= 11 is 0. The molecule has 2 aromatic carbocycles. The lowest BCUT2D eigenvalue weighted by Gasteiger charge is -2.07. The van der Waals surface area contributed by atoms with E-state index in [1.165, 1.54) is 12.1 Å². The van der Waals surface area contributed by atoms with Crippen LogP contribution in [-0.2, 0) is 0 Å². The van der Waals surface area contributed by atoms with E-state index in [1.54, 1.807) is 25.1 Å². The minimum absolute atomic E-state index is 0.0445. The van der Waals surface area contributed by atoms with Crippen molar-refractivity contribution in [1.29, 1.82) is 10.5 Å². The summed E-state index contributed by atoms with van der Waals surface area (Å²) in [6.45, 7) is 1.75. The molecule has 21 heavy (non-hydrogen) atoms. The van der Waals surface area contributed by atoms with E-state index in [0.717, 1.165) is 6.07 Å². The van der Waals surface area contributed by atoms with Gasteiger partial charge in [-0.05, 0) is 42.8 Å². The molecule has 0 N–H and O–H groups in total. The molecule has 0 spiro atoms. The Morgan fingerprint density at radius 3 is 2.48 bits per heavy atom. The van der Waals surface area contributed by atoms with Crippen molar-refractivity contribution in [2.45, 2.75) is 6.92 Å². The number of nitrogens with zero attached hydrogens (tertiary/aromatic N) is 3. The van der Waals surface area contributed by atoms with Crippen LogP contribution in [0.15, 0.2) is 36.4 Å². The number of benzene rings is 2. The fourth-order valence-corrected chi connectivity index (χ4v) is 1.77. The fraction of sp³-hybridized carbons (Fsp3) is 0.0667. The molecule has 0 heterocycles. The molecule has 0 saturated heterocycles. The van der Waals surface area contributed by atoms with Gasteiger partial charge in [0.05, 0.1) is 28.2 Å². The highest BCUT2D eigenvalue weighted by molar-refractivity contribution is 5.53. The minimum Gasteiger partial charge on any atom is -0.450 e. The molecule has 0 aliphatic rings. The van der Waals surface area contributed by atoms with Crippen LogP contribution in [0.2, 0.25) is 0 Å². The number of rotatable bonds is 3. The van der Waals surface area contributed by atoms with Crippen molar-refractivity contribution < 1.29 is 9.66 Å². The van der Waals surface area contributed by atoms with Crippen LogP contribution >= 0.6 is 0 Å². The van der Waals surface area contributed by atoms with Gasteiger partial charge in [0, 0.05) is 6.07 Å². The second kappa shape index (κ2) is 5.72. The van der Waals surface area contributed by atoms with Gasteiger partial charge in [-0.15, -0.1) is 0 Å². The molecule has 0 unspecified atom stereocenters. The number of hydrogen-bond acceptors (Lipinski definition) is 5. The van der Waals surface area contributed by atoms with Crippen molar-refractivity contribution >= 4 is 5.69 Å². The highest BCUT2D eigenvalue weighted by Crippen LogP contribution is 2.32. The molecular weight excluding hydrogens is 270 g/mol. The van der Waals surface area contributed by atoms with E-state index in [-0.39, 0.29) is 17.0 Å². The zero-order valence-electron chi connectivity index (χ0n) is 11.0. The van der Waals surface area contributed by atoms with Gasteiger partial charge in [-0.3, -0.25) is 10.1 Å². The van der Waals surface area contributed by atoms with Crippen molar-refractivity contribution in [3.63, 3.8) is 0 Å². The van der Waals surface area contributed by atoms with Crippen LogP contribution in [0.5, 0.6) is 11.5 Å². The Morgan fingerprint density at radius 2 is 1.90 bits per heavy atom. The van der Waals surface area contributed by atoms with Crippen molar-refractivity contribution in [2.75, 3.05) is 0 Å². The smallest absolute Gasteiger partial charge is 0.312 e. The summed E-state index contributed by atoms with van der Waals surface area (Å²) in [7, 11) is 0. The number of nitriles is 2. The predicted octanol–water partition coefficient (Wildman–Crippen LogP) is 3.44. The number of ether oxygens (including phenoxy) is 1. The van der Waals surface area contributed by atoms with E-state index in [1.807, 2.05) is 12.1 Å². The Labute approximate surface area is 120 Å². The Balaban J connectivity index is 2.40. The molecule has 6 heteroatoms. The average Bonchev–Trinajstić information content (AvgIpc) is 2.47. The molecule has 2 aromatic rings. The molecule has 0 bridgehead atoms. The lowest BCUT2D eigenvalue weighted by Crippen LogP contribution is -1.95. The van der Waals surface area contributed by atoms with E-state index in [9.17, 15) is 10.1 Å². The first-order valence-corrected chi connectivity index (χ1v) is 5.92. The van der Waals surface area contributed by atoms with Crippen LogP contribution in [0.3, 0.4) is 0 Å². The quantitative estimate of drug-likeness (QED) is 0.632. The molecule has 0 aliphatic heterocycles. The monoisotopic (exact) mass is 279 g/mol. The summed E-state index contributed by atoms with van der Waals surface area (Å²) in [5, 5.41) is 28.7. The molecule has 2 rings (SSSR count). The van der Waals surface area contributed by atoms with Gasteiger partial charge < -0.3 is 4.74 Å². The van der Waals surface area contributed by atoms with Gasteiger partial charge in [0.15, 0.2) is 0 Å². The first-order chi connectivity index (χ1) is 10.0. The Morgan fingerprint density at radius 1 is 1.14 bits per heavy atom. The van der Waals surface area contributed by atoms with E-state index in [4.69, 9.17) is 15.3 Å². The molecule has 6 nitrogen and oxygen atoms in total. The number of nitro benzene ring substituents is 1. The molecule has 0 fully saturated rings. The third kappa shape index (κ3) is 2.96. The van der Waals surface area contributed by atoms with Crippen LogP contribution in [0.25, 0.3) is 0 Å². The number of hydrogen-bond donors (Lipinski definition) is 0. The summed E-state index contributed by atoms with van der Waals surface area (Å²) in [5.74, 6) is 0.433. The van der Waals surface area contributed by atoms with Crippen LogP contribution in [0.1, 0.15) is 16.7 Å². The summed E-state index contributed by atoms with van der Waals surface area (Å²) in [6, 6.07) is 12.6. The Hall–Kier alpha value is -3.38. The van der Waals surface area contributed by atoms with Crippen molar-refractivity contribution in [1.82, 2.24) is 0 Å². The largest absolute Gasteiger partial charge is 0.450 e. The zero-order valence-corrected chi connectivity index (χ0v) is 11.0. The van der Waals surface area contributed by atoms with Crippen LogP contribution in [-0.4, -0.2) is 4.92 Å². The summed E-state index contributed by atoms with van der Waals surface area (Å²) in [5.41, 5.74) is 1.13. The van der Waals surface area contributed by atoms with Gasteiger partial charge in [0.1, 0.15) is 5.75 Å². The van der Waals surface area contributed by atoms with E-state index in [2.05, 4.69) is 0 Å². The standard InChI is InChI=1S/C15H9N3O3/c1-10-6-13(4-3-12(10)9-17)21-15-5-2-11(8-16)7-14(15)18(19)20/h2-7H,1H3. The first-order valence-electron chi connectivity index (χ1n) is 5.92. The average molecular weight is 279 g/mol. The van der Waals surface area contributed by atoms with Gasteiger partial charge >= 0.3 is 5.69 Å². The lowest BCUT2D eigenvalue weighted by atomic mass is 10.1. The third-order valence-corrected chi connectivity index (χ3v) is 2.83. The first kappa shape index (κ1) is 14.0. The fourth-order valence-electron chi connectivity index (χ4n) is 1.77. The van der Waals surface area contributed by atoms with E-state index < -0.39 is 4.92 Å². The van der Waals surface area contributed by atoms with Crippen LogP contribution < -0.4 is 4.74 Å². The SMILES string of the molecule is Cc1cc(Oc2ccc(C#N)cc2[N+](=O)[O-])ccc1C#N. The maximum Gasteiger partial charge on any atom is 0.312 e. The Kier molecular flexibility index (Phi) is 3.83. The molecule has 0 aromatic heterocycles. The second-order valence-electron chi connectivity index (χ2n) is 4.24. The maximum atomic E-state index is 11.0. The summed E-state index contributed by atoms with van der Waals surface area (Å²) in [4.78, 5) is 10.4. The summed E-state index contributed by atoms with van der Waals surface area (Å²) < 4.78 is 5.49. The van der Waals surface area contributed by atoms with Gasteiger partial charge in [0.25, 0.3) is 0 Å². The zero-order chi connectivity index (χ0) is 15.4. The van der Waals surface area contributed by atoms with Gasteiger partial charge in [-0.25, -0.2) is 0 Å². The van der Waals surface area contributed by atoms with E-state index >= 15 is 0 Å². The highest BCUT2D eigenvalue weighted by atomic mass is 16.6. The summed E-state index contributed by atoms with van der Waals surface area (Å²) in [6.07, 6.45) is 0. The van der Waals surface area contributed by atoms with Gasteiger partial charge in [-0.2, -0.15) is 10.5 Å². The molecule has 0 amide bonds. The number of aryl methyl sites for hydroxylation is 1. The van der Waals surface area contributed by atoms with Gasteiger partial charge in [0.2, 0.25) is 5.75 Å². The van der Waals surface area contributed by atoms with E-state index in [0.29, 0.717) is 16.9 Å². The van der Waals surface area contributed by atoms with Crippen LogP contribution in [0.4, 0.5) is 5.69 Å². The predicted molar refractivity (Wildman–Crippen MR) is 73.8 cm³/mol. The van der Waals surface area contributed by atoms with Crippen molar-refractivity contribution in [2.24, 2.45) is 0 Å². The molecule has 102 valence electrons. The maximum absolute atomic E-state index is 11.0. The van der Waals surface area contributed by atoms with Crippen molar-refractivity contribution in [3.8, 4) is 23.6 Å². The molecule has 0 saturated carbocycles. The van der Waals surface area contributed by atoms with Gasteiger partial charge in [-0.1, -0.05) is 0 Å². The second-order valence-corrected chi connectivity index (χ2v) is 4.24. The van der Waals surface area contributed by atoms with Crippen molar-refractivity contribution in [3.05, 3.63) is 63.2 Å². The lowest BCUT2D eigenvalue weighted by molar-refractivity contribution is -0.385.